The maximum Gasteiger partial charge on any atom is 0.271 e. The van der Waals surface area contributed by atoms with Crippen LogP contribution in [0, 0.1) is 10.1 Å². The molecule has 0 aliphatic rings. The van der Waals surface area contributed by atoms with E-state index in [0.717, 1.165) is 5.56 Å². The number of nitro groups is 1. The minimum Gasteiger partial charge on any atom is -0.488 e. The smallest absolute Gasteiger partial charge is 0.271 e. The van der Waals surface area contributed by atoms with Crippen LogP contribution in [0.4, 0.5) is 5.69 Å². The molecule has 7 nitrogen and oxygen atoms in total. The molecule has 0 radical (unpaired) electrons. The molecule has 1 amide bonds. The zero-order valence-corrected chi connectivity index (χ0v) is 15.9. The van der Waals surface area contributed by atoms with E-state index in [1.165, 1.54) is 18.3 Å². The topological polar surface area (TPSA) is 93.8 Å². The first-order chi connectivity index (χ1) is 14.0. The van der Waals surface area contributed by atoms with Crippen LogP contribution in [0.5, 0.6) is 5.75 Å². The van der Waals surface area contributed by atoms with Crippen molar-refractivity contribution >= 4 is 29.4 Å². The molecule has 0 saturated carbocycles. The molecule has 0 heterocycles. The number of ether oxygens (including phenoxy) is 1. The molecule has 0 unspecified atom stereocenters. The third-order valence-electron chi connectivity index (χ3n) is 3.94. The van der Waals surface area contributed by atoms with Gasteiger partial charge < -0.3 is 4.74 Å². The van der Waals surface area contributed by atoms with Gasteiger partial charge in [-0.25, -0.2) is 5.43 Å². The number of carbonyl (C=O) groups excluding carboxylic acids is 1. The van der Waals surface area contributed by atoms with Gasteiger partial charge in [0.25, 0.3) is 11.6 Å². The molecule has 0 spiro atoms. The molecule has 29 heavy (non-hydrogen) atoms. The normalized spacial score (nSPS) is 10.7. The number of nitrogens with one attached hydrogen (secondary N) is 1. The van der Waals surface area contributed by atoms with E-state index in [4.69, 9.17) is 16.3 Å². The van der Waals surface area contributed by atoms with E-state index in [1.807, 2.05) is 12.1 Å². The van der Waals surface area contributed by atoms with Gasteiger partial charge in [-0.05, 0) is 54.1 Å². The number of carbonyl (C=O) groups is 1. The molecule has 1 N–H and O–H groups in total. The lowest BCUT2D eigenvalue weighted by Gasteiger charge is -2.09. The number of nitro benzene ring substituents is 1. The van der Waals surface area contributed by atoms with E-state index >= 15 is 0 Å². The number of hydrogen-bond acceptors (Lipinski definition) is 5. The van der Waals surface area contributed by atoms with E-state index in [-0.39, 0.29) is 18.2 Å². The number of nitrogens with zero attached hydrogens (tertiary/aromatic N) is 2. The van der Waals surface area contributed by atoms with Crippen LogP contribution in [0.1, 0.15) is 21.5 Å². The molecule has 0 fully saturated rings. The molecule has 0 aliphatic carbocycles. The standard InChI is InChI=1S/C21H16ClN3O4/c22-18-9-7-16(8-10-18)21(26)24-23-13-17-3-1-2-4-20(17)29-14-15-5-11-19(12-6-15)25(27)28/h1-13H,14H2,(H,24,26)/b23-13+. The lowest BCUT2D eigenvalue weighted by Crippen LogP contribution is -2.17. The Balaban J connectivity index is 1.62. The Morgan fingerprint density at radius 2 is 1.76 bits per heavy atom. The summed E-state index contributed by atoms with van der Waals surface area (Å²) in [5, 5.41) is 15.2. The van der Waals surface area contributed by atoms with E-state index in [9.17, 15) is 14.9 Å². The summed E-state index contributed by atoms with van der Waals surface area (Å²) in [6, 6.07) is 19.8. The van der Waals surface area contributed by atoms with E-state index in [1.54, 1.807) is 48.5 Å². The summed E-state index contributed by atoms with van der Waals surface area (Å²) in [6.45, 7) is 0.236. The molecular formula is C21H16ClN3O4. The van der Waals surface area contributed by atoms with Crippen LogP contribution in [0.3, 0.4) is 0 Å². The van der Waals surface area contributed by atoms with Gasteiger partial charge in [-0.3, -0.25) is 14.9 Å². The summed E-state index contributed by atoms with van der Waals surface area (Å²) < 4.78 is 5.79. The van der Waals surface area contributed by atoms with Gasteiger partial charge in [0.05, 0.1) is 11.1 Å². The van der Waals surface area contributed by atoms with Crippen molar-refractivity contribution in [2.24, 2.45) is 5.10 Å². The van der Waals surface area contributed by atoms with Gasteiger partial charge in [0.1, 0.15) is 12.4 Å². The third-order valence-corrected chi connectivity index (χ3v) is 4.19. The Kier molecular flexibility index (Phi) is 6.55. The van der Waals surface area contributed by atoms with Crippen molar-refractivity contribution in [2.75, 3.05) is 0 Å². The molecule has 3 aromatic carbocycles. The first kappa shape index (κ1) is 20.0. The fourth-order valence-corrected chi connectivity index (χ4v) is 2.55. The highest BCUT2D eigenvalue weighted by molar-refractivity contribution is 6.30. The van der Waals surface area contributed by atoms with Crippen molar-refractivity contribution in [1.29, 1.82) is 0 Å². The number of rotatable bonds is 7. The molecule has 0 bridgehead atoms. The highest BCUT2D eigenvalue weighted by Crippen LogP contribution is 2.19. The Morgan fingerprint density at radius 3 is 2.45 bits per heavy atom. The zero-order chi connectivity index (χ0) is 20.6. The number of hydrazone groups is 1. The molecule has 3 aromatic rings. The maximum absolute atomic E-state index is 12.1. The van der Waals surface area contributed by atoms with Gasteiger partial charge in [-0.1, -0.05) is 23.7 Å². The molecule has 3 rings (SSSR count). The van der Waals surface area contributed by atoms with Gasteiger partial charge >= 0.3 is 0 Å². The fraction of sp³-hybridized carbons (Fsp3) is 0.0476. The molecule has 0 aliphatic heterocycles. The highest BCUT2D eigenvalue weighted by Gasteiger charge is 2.06. The Hall–Kier alpha value is -3.71. The summed E-state index contributed by atoms with van der Waals surface area (Å²) in [4.78, 5) is 22.3. The Labute approximate surface area is 171 Å². The number of para-hydroxylation sites is 1. The van der Waals surface area contributed by atoms with Crippen LogP contribution in [0.25, 0.3) is 0 Å². The fourth-order valence-electron chi connectivity index (χ4n) is 2.42. The van der Waals surface area contributed by atoms with Crippen molar-refractivity contribution in [3.8, 4) is 5.75 Å². The third kappa shape index (κ3) is 5.63. The summed E-state index contributed by atoms with van der Waals surface area (Å²) in [6.07, 6.45) is 1.49. The van der Waals surface area contributed by atoms with E-state index in [2.05, 4.69) is 10.5 Å². The van der Waals surface area contributed by atoms with Crippen LogP contribution in [0.2, 0.25) is 5.02 Å². The van der Waals surface area contributed by atoms with Gasteiger partial charge in [-0.15, -0.1) is 0 Å². The second-order valence-electron chi connectivity index (χ2n) is 5.96. The average Bonchev–Trinajstić information content (AvgIpc) is 2.73. The lowest BCUT2D eigenvalue weighted by atomic mass is 10.2. The number of hydrogen-bond donors (Lipinski definition) is 1. The molecule has 8 heteroatoms. The van der Waals surface area contributed by atoms with Crippen molar-refractivity contribution in [1.82, 2.24) is 5.43 Å². The van der Waals surface area contributed by atoms with Gasteiger partial charge in [0.15, 0.2) is 0 Å². The number of non-ortho nitro benzene ring substituents is 1. The Morgan fingerprint density at radius 1 is 1.07 bits per heavy atom. The summed E-state index contributed by atoms with van der Waals surface area (Å²) in [5.41, 5.74) is 4.38. The SMILES string of the molecule is O=C(N/N=C/c1ccccc1OCc1ccc([N+](=O)[O-])cc1)c1ccc(Cl)cc1. The molecular weight excluding hydrogens is 394 g/mol. The molecule has 0 atom stereocenters. The minimum absolute atomic E-state index is 0.0257. The minimum atomic E-state index is -0.450. The monoisotopic (exact) mass is 409 g/mol. The predicted octanol–water partition coefficient (Wildman–Crippen LogP) is 4.59. The lowest BCUT2D eigenvalue weighted by molar-refractivity contribution is -0.384. The highest BCUT2D eigenvalue weighted by atomic mass is 35.5. The largest absolute Gasteiger partial charge is 0.488 e. The second kappa shape index (κ2) is 9.48. The zero-order valence-electron chi connectivity index (χ0n) is 15.1. The van der Waals surface area contributed by atoms with Gasteiger partial charge in [-0.2, -0.15) is 5.10 Å². The van der Waals surface area contributed by atoms with Gasteiger partial charge in [0.2, 0.25) is 0 Å². The van der Waals surface area contributed by atoms with Crippen LogP contribution in [-0.4, -0.2) is 17.0 Å². The summed E-state index contributed by atoms with van der Waals surface area (Å²) in [7, 11) is 0. The van der Waals surface area contributed by atoms with Crippen LogP contribution >= 0.6 is 11.6 Å². The van der Waals surface area contributed by atoms with Crippen molar-refractivity contribution in [2.45, 2.75) is 6.61 Å². The second-order valence-corrected chi connectivity index (χ2v) is 6.39. The number of amides is 1. The predicted molar refractivity (Wildman–Crippen MR) is 110 cm³/mol. The molecule has 0 saturated heterocycles. The van der Waals surface area contributed by atoms with Crippen LogP contribution < -0.4 is 10.2 Å². The average molecular weight is 410 g/mol. The van der Waals surface area contributed by atoms with Crippen molar-refractivity contribution < 1.29 is 14.5 Å². The number of halogens is 1. The maximum atomic E-state index is 12.1. The molecule has 0 aromatic heterocycles. The first-order valence-electron chi connectivity index (χ1n) is 8.57. The number of benzene rings is 3. The van der Waals surface area contributed by atoms with E-state index < -0.39 is 4.92 Å². The van der Waals surface area contributed by atoms with E-state index in [0.29, 0.717) is 21.9 Å². The molecule has 146 valence electrons. The Bertz CT molecular complexity index is 1030. The van der Waals surface area contributed by atoms with Crippen LogP contribution in [0.15, 0.2) is 77.9 Å². The quantitative estimate of drug-likeness (QED) is 0.351. The van der Waals surface area contributed by atoms with Gasteiger partial charge in [0, 0.05) is 28.3 Å². The van der Waals surface area contributed by atoms with Crippen molar-refractivity contribution in [3.05, 3.63) is 105 Å². The summed E-state index contributed by atoms with van der Waals surface area (Å²) in [5.74, 6) is 0.206. The van der Waals surface area contributed by atoms with Crippen LogP contribution in [-0.2, 0) is 6.61 Å². The summed E-state index contributed by atoms with van der Waals surface area (Å²) >= 11 is 5.81. The van der Waals surface area contributed by atoms with Crippen molar-refractivity contribution in [3.63, 3.8) is 0 Å². The first-order valence-corrected chi connectivity index (χ1v) is 8.95.